The first kappa shape index (κ1) is 7.46. The van der Waals surface area contributed by atoms with Gasteiger partial charge in [0.15, 0.2) is 11.5 Å². The van der Waals surface area contributed by atoms with E-state index in [9.17, 15) is 0 Å². The van der Waals surface area contributed by atoms with Crippen molar-refractivity contribution < 1.29 is 4.63 Å². The highest BCUT2D eigenvalue weighted by Gasteiger charge is 2.11. The summed E-state index contributed by atoms with van der Waals surface area (Å²) in [5.74, 6) is 0.123. The molecule has 1 aromatic rings. The Hall–Kier alpha value is -1.65. The average molecular weight is 152 g/mol. The van der Waals surface area contributed by atoms with Crippen LogP contribution < -0.4 is 5.73 Å². The van der Waals surface area contributed by atoms with Gasteiger partial charge in [-0.25, -0.2) is 4.63 Å². The van der Waals surface area contributed by atoms with Gasteiger partial charge in [-0.15, -0.1) is 0 Å². The highest BCUT2D eigenvalue weighted by Crippen LogP contribution is 2.08. The molecule has 0 amide bonds. The molecule has 1 rings (SSSR count). The van der Waals surface area contributed by atoms with Crippen LogP contribution in [-0.2, 0) is 0 Å². The molecule has 1 heterocycles. The number of nitrogens with zero attached hydrogens (tertiary/aromatic N) is 2. The minimum Gasteiger partial charge on any atom is -0.379 e. The lowest BCUT2D eigenvalue weighted by Gasteiger charge is -1.95. The Morgan fingerprint density at radius 2 is 2.27 bits per heavy atom. The molecular weight excluding hydrogens is 144 g/mol. The summed E-state index contributed by atoms with van der Waals surface area (Å²) < 4.78 is 4.31. The average Bonchev–Trinajstić information content (AvgIpc) is 2.33. The highest BCUT2D eigenvalue weighted by atomic mass is 16.6. The third-order valence-electron chi connectivity index (χ3n) is 1.18. The summed E-state index contributed by atoms with van der Waals surface area (Å²) in [5.41, 5.74) is 6.31. The first-order valence-corrected chi connectivity index (χ1v) is 2.95. The van der Waals surface area contributed by atoms with Gasteiger partial charge in [-0.1, -0.05) is 6.58 Å². The number of hydrogen-bond donors (Lipinski definition) is 2. The maximum Gasteiger partial charge on any atom is 0.198 e. The van der Waals surface area contributed by atoms with Gasteiger partial charge < -0.3 is 5.73 Å². The zero-order chi connectivity index (χ0) is 8.43. The molecule has 0 aliphatic rings. The van der Waals surface area contributed by atoms with E-state index in [0.717, 1.165) is 0 Å². The van der Waals surface area contributed by atoms with Gasteiger partial charge in [0.2, 0.25) is 0 Å². The Morgan fingerprint density at radius 1 is 1.64 bits per heavy atom. The van der Waals surface area contributed by atoms with E-state index in [1.165, 1.54) is 0 Å². The number of rotatable bonds is 2. The number of anilines is 1. The summed E-state index contributed by atoms with van der Waals surface area (Å²) in [6, 6.07) is 0. The molecule has 11 heavy (non-hydrogen) atoms. The monoisotopic (exact) mass is 152 g/mol. The van der Waals surface area contributed by atoms with E-state index in [0.29, 0.717) is 5.57 Å². The molecule has 0 aliphatic heterocycles. The second kappa shape index (κ2) is 2.53. The maximum absolute atomic E-state index is 7.40. The van der Waals surface area contributed by atoms with Crippen molar-refractivity contribution in [3.05, 3.63) is 17.8 Å². The molecule has 0 aliphatic carbocycles. The van der Waals surface area contributed by atoms with Crippen LogP contribution in [-0.4, -0.2) is 16.0 Å². The highest BCUT2D eigenvalue weighted by molar-refractivity contribution is 6.10. The molecule has 0 radical (unpaired) electrons. The lowest BCUT2D eigenvalue weighted by molar-refractivity contribution is 0.308. The van der Waals surface area contributed by atoms with E-state index < -0.39 is 0 Å². The Bertz CT molecular complexity index is 301. The third-order valence-corrected chi connectivity index (χ3v) is 1.18. The predicted octanol–water partition coefficient (Wildman–Crippen LogP) is 0.596. The lowest BCUT2D eigenvalue weighted by atomic mass is 10.1. The molecule has 1 aromatic heterocycles. The summed E-state index contributed by atoms with van der Waals surface area (Å²) in [7, 11) is 0. The molecule has 0 atom stereocenters. The molecule has 0 saturated carbocycles. The van der Waals surface area contributed by atoms with Crippen molar-refractivity contribution >= 4 is 11.5 Å². The zero-order valence-electron chi connectivity index (χ0n) is 6.09. The maximum atomic E-state index is 7.40. The first-order chi connectivity index (χ1) is 5.13. The van der Waals surface area contributed by atoms with E-state index in [4.69, 9.17) is 11.1 Å². The normalized spacial score (nSPS) is 9.55. The Kier molecular flexibility index (Phi) is 1.72. The largest absolute Gasteiger partial charge is 0.379 e. The molecule has 3 N–H and O–H groups in total. The van der Waals surface area contributed by atoms with Crippen LogP contribution in [0.25, 0.3) is 0 Å². The SMILES string of the molecule is C=C(C)C(=N)c1nonc1N. The van der Waals surface area contributed by atoms with Crippen LogP contribution in [0.5, 0.6) is 0 Å². The van der Waals surface area contributed by atoms with Crippen LogP contribution in [0.2, 0.25) is 0 Å². The molecule has 0 unspecified atom stereocenters. The van der Waals surface area contributed by atoms with Gasteiger partial charge in [0.25, 0.3) is 0 Å². The van der Waals surface area contributed by atoms with Crippen molar-refractivity contribution in [1.82, 2.24) is 10.3 Å². The molecule has 58 valence electrons. The Labute approximate surface area is 63.4 Å². The number of aromatic nitrogens is 2. The third kappa shape index (κ3) is 1.26. The van der Waals surface area contributed by atoms with E-state index >= 15 is 0 Å². The summed E-state index contributed by atoms with van der Waals surface area (Å²) in [5, 5.41) is 14.2. The van der Waals surface area contributed by atoms with Crippen LogP contribution in [0, 0.1) is 5.41 Å². The summed E-state index contributed by atoms with van der Waals surface area (Å²) in [6.07, 6.45) is 0. The number of nitrogens with one attached hydrogen (secondary N) is 1. The van der Waals surface area contributed by atoms with Crippen molar-refractivity contribution in [3.8, 4) is 0 Å². The number of allylic oxidation sites excluding steroid dienone is 1. The van der Waals surface area contributed by atoms with Crippen molar-refractivity contribution in [2.45, 2.75) is 6.92 Å². The Morgan fingerprint density at radius 3 is 2.64 bits per heavy atom. The lowest BCUT2D eigenvalue weighted by Crippen LogP contribution is -2.03. The van der Waals surface area contributed by atoms with E-state index in [-0.39, 0.29) is 17.2 Å². The van der Waals surface area contributed by atoms with Gasteiger partial charge in [0.05, 0.1) is 5.71 Å². The fraction of sp³-hybridized carbons (Fsp3) is 0.167. The summed E-state index contributed by atoms with van der Waals surface area (Å²) in [6.45, 7) is 5.25. The van der Waals surface area contributed by atoms with Crippen LogP contribution in [0.3, 0.4) is 0 Å². The van der Waals surface area contributed by atoms with E-state index in [2.05, 4.69) is 21.5 Å². The zero-order valence-corrected chi connectivity index (χ0v) is 6.09. The van der Waals surface area contributed by atoms with E-state index in [1.54, 1.807) is 6.92 Å². The molecule has 0 spiro atoms. The quantitative estimate of drug-likeness (QED) is 0.607. The van der Waals surface area contributed by atoms with Gasteiger partial charge in [-0.05, 0) is 22.8 Å². The smallest absolute Gasteiger partial charge is 0.198 e. The molecule has 0 bridgehead atoms. The minimum absolute atomic E-state index is 0.123. The van der Waals surface area contributed by atoms with Crippen LogP contribution in [0.15, 0.2) is 16.8 Å². The first-order valence-electron chi connectivity index (χ1n) is 2.95. The fourth-order valence-electron chi connectivity index (χ4n) is 0.571. The van der Waals surface area contributed by atoms with Gasteiger partial charge in [0.1, 0.15) is 0 Å². The van der Waals surface area contributed by atoms with Gasteiger partial charge in [-0.2, -0.15) is 0 Å². The topological polar surface area (TPSA) is 88.8 Å². The van der Waals surface area contributed by atoms with Crippen molar-refractivity contribution in [1.29, 1.82) is 5.41 Å². The van der Waals surface area contributed by atoms with Crippen molar-refractivity contribution in [3.63, 3.8) is 0 Å². The molecule has 0 saturated heterocycles. The van der Waals surface area contributed by atoms with Crippen molar-refractivity contribution in [2.75, 3.05) is 5.73 Å². The van der Waals surface area contributed by atoms with Crippen LogP contribution >= 0.6 is 0 Å². The molecule has 0 fully saturated rings. The van der Waals surface area contributed by atoms with E-state index in [1.807, 2.05) is 0 Å². The second-order valence-electron chi connectivity index (χ2n) is 2.15. The number of nitrogens with two attached hydrogens (primary N) is 1. The van der Waals surface area contributed by atoms with Crippen LogP contribution in [0.1, 0.15) is 12.6 Å². The second-order valence-corrected chi connectivity index (χ2v) is 2.15. The van der Waals surface area contributed by atoms with Gasteiger partial charge >= 0.3 is 0 Å². The standard InChI is InChI=1S/C6H8N4O/c1-3(2)4(7)5-6(8)10-11-9-5/h7H,1H2,2H3,(H2,8,10). The molecule has 5 nitrogen and oxygen atoms in total. The van der Waals surface area contributed by atoms with Gasteiger partial charge in [0, 0.05) is 0 Å². The minimum atomic E-state index is 0.123. The number of nitrogen functional groups attached to an aromatic ring is 1. The molecular formula is C6H8N4O. The molecule has 5 heteroatoms. The predicted molar refractivity (Wildman–Crippen MR) is 40.4 cm³/mol. The summed E-state index contributed by atoms with van der Waals surface area (Å²) >= 11 is 0. The Balaban J connectivity index is 3.02. The fourth-order valence-corrected chi connectivity index (χ4v) is 0.571. The van der Waals surface area contributed by atoms with Gasteiger partial charge in [-0.3, -0.25) is 5.41 Å². The molecule has 0 aromatic carbocycles. The van der Waals surface area contributed by atoms with Crippen molar-refractivity contribution in [2.24, 2.45) is 0 Å². The summed E-state index contributed by atoms with van der Waals surface area (Å²) in [4.78, 5) is 0. The number of hydrogen-bond acceptors (Lipinski definition) is 5. The van der Waals surface area contributed by atoms with Crippen LogP contribution in [0.4, 0.5) is 5.82 Å².